The van der Waals surface area contributed by atoms with Crippen LogP contribution in [0.15, 0.2) is 24.3 Å². The first-order valence-corrected chi connectivity index (χ1v) is 8.27. The average molecular weight is 284 g/mol. The van der Waals surface area contributed by atoms with Crippen LogP contribution in [0.25, 0.3) is 0 Å². The molecular formula is C19H28N2. The Hall–Kier alpha value is -1.33. The molecule has 21 heavy (non-hydrogen) atoms. The fourth-order valence-electron chi connectivity index (χ4n) is 3.38. The van der Waals surface area contributed by atoms with E-state index in [0.29, 0.717) is 11.5 Å². The third-order valence-corrected chi connectivity index (χ3v) is 5.39. The Morgan fingerprint density at radius 3 is 2.57 bits per heavy atom. The van der Waals surface area contributed by atoms with Crippen LogP contribution in [0.2, 0.25) is 0 Å². The number of nitrogens with one attached hydrogen (secondary N) is 1. The summed E-state index contributed by atoms with van der Waals surface area (Å²) in [7, 11) is 0. The van der Waals surface area contributed by atoms with Crippen LogP contribution in [0.1, 0.15) is 64.0 Å². The van der Waals surface area contributed by atoms with Gasteiger partial charge in [-0.2, -0.15) is 5.26 Å². The molecule has 0 radical (unpaired) electrons. The summed E-state index contributed by atoms with van der Waals surface area (Å²) in [5.41, 5.74) is 2.46. The lowest BCUT2D eigenvalue weighted by molar-refractivity contribution is 0.137. The van der Waals surface area contributed by atoms with Crippen LogP contribution in [-0.4, -0.2) is 6.04 Å². The molecule has 0 bridgehead atoms. The van der Waals surface area contributed by atoms with E-state index in [4.69, 9.17) is 5.26 Å². The van der Waals surface area contributed by atoms with E-state index in [2.05, 4.69) is 38.2 Å². The molecule has 2 nitrogen and oxygen atoms in total. The van der Waals surface area contributed by atoms with Gasteiger partial charge in [-0.1, -0.05) is 39.3 Å². The molecule has 1 aromatic carbocycles. The smallest absolute Gasteiger partial charge is 0.0991 e. The number of nitrogens with zero attached hydrogens (tertiary/aromatic N) is 1. The number of benzene rings is 1. The molecule has 0 aromatic heterocycles. The van der Waals surface area contributed by atoms with E-state index >= 15 is 0 Å². The Kier molecular flexibility index (Phi) is 5.42. The zero-order valence-electron chi connectivity index (χ0n) is 13.7. The molecule has 1 aliphatic rings. The van der Waals surface area contributed by atoms with Gasteiger partial charge in [0.05, 0.1) is 11.6 Å². The molecule has 1 fully saturated rings. The van der Waals surface area contributed by atoms with Crippen LogP contribution in [0.3, 0.4) is 0 Å². The van der Waals surface area contributed by atoms with E-state index < -0.39 is 0 Å². The Labute approximate surface area is 129 Å². The molecule has 0 aliphatic heterocycles. The van der Waals surface area contributed by atoms with E-state index in [9.17, 15) is 0 Å². The highest BCUT2D eigenvalue weighted by Gasteiger charge is 2.31. The molecule has 1 saturated carbocycles. The van der Waals surface area contributed by atoms with Gasteiger partial charge in [0.25, 0.3) is 0 Å². The predicted octanol–water partition coefficient (Wildman–Crippen LogP) is 4.64. The van der Waals surface area contributed by atoms with Gasteiger partial charge in [-0.05, 0) is 54.7 Å². The van der Waals surface area contributed by atoms with Crippen LogP contribution >= 0.6 is 0 Å². The SMILES string of the molecule is CCC(C)(C)C1CCC(NCc2cccc(C#N)c2)CC1. The Balaban J connectivity index is 1.80. The second kappa shape index (κ2) is 7.09. The van der Waals surface area contributed by atoms with Crippen molar-refractivity contribution in [3.8, 4) is 6.07 Å². The lowest BCUT2D eigenvalue weighted by atomic mass is 9.69. The first kappa shape index (κ1) is 16.0. The molecule has 1 aromatic rings. The summed E-state index contributed by atoms with van der Waals surface area (Å²) in [6.07, 6.45) is 6.53. The summed E-state index contributed by atoms with van der Waals surface area (Å²) in [4.78, 5) is 0. The first-order chi connectivity index (χ1) is 10.0. The maximum absolute atomic E-state index is 8.94. The summed E-state index contributed by atoms with van der Waals surface area (Å²) in [5, 5.41) is 12.6. The average Bonchev–Trinajstić information content (AvgIpc) is 2.53. The topological polar surface area (TPSA) is 35.8 Å². The van der Waals surface area contributed by atoms with E-state index in [1.54, 1.807) is 0 Å². The normalized spacial score (nSPS) is 22.8. The van der Waals surface area contributed by atoms with Gasteiger partial charge in [0.15, 0.2) is 0 Å². The largest absolute Gasteiger partial charge is 0.310 e. The second-order valence-corrected chi connectivity index (χ2v) is 7.08. The minimum atomic E-state index is 0.492. The van der Waals surface area contributed by atoms with Gasteiger partial charge in [0.2, 0.25) is 0 Å². The van der Waals surface area contributed by atoms with Crippen molar-refractivity contribution >= 4 is 0 Å². The first-order valence-electron chi connectivity index (χ1n) is 8.27. The zero-order valence-corrected chi connectivity index (χ0v) is 13.7. The maximum Gasteiger partial charge on any atom is 0.0991 e. The predicted molar refractivity (Wildman–Crippen MR) is 87.8 cm³/mol. The van der Waals surface area contributed by atoms with Crippen molar-refractivity contribution in [1.29, 1.82) is 5.26 Å². The molecule has 1 N–H and O–H groups in total. The van der Waals surface area contributed by atoms with Crippen LogP contribution in [0.4, 0.5) is 0 Å². The molecule has 2 rings (SSSR count). The molecule has 1 aliphatic carbocycles. The third kappa shape index (κ3) is 4.32. The number of nitriles is 1. The summed E-state index contributed by atoms with van der Waals surface area (Å²) in [5.74, 6) is 0.877. The molecule has 0 heterocycles. The quantitative estimate of drug-likeness (QED) is 0.854. The Morgan fingerprint density at radius 1 is 1.24 bits per heavy atom. The second-order valence-electron chi connectivity index (χ2n) is 7.08. The van der Waals surface area contributed by atoms with E-state index in [0.717, 1.165) is 18.0 Å². The van der Waals surface area contributed by atoms with Crippen molar-refractivity contribution in [2.24, 2.45) is 11.3 Å². The highest BCUT2D eigenvalue weighted by molar-refractivity contribution is 5.32. The summed E-state index contributed by atoms with van der Waals surface area (Å²) in [6, 6.07) is 10.8. The zero-order chi connectivity index (χ0) is 15.3. The van der Waals surface area contributed by atoms with Crippen LogP contribution in [-0.2, 0) is 6.54 Å². The van der Waals surface area contributed by atoms with Gasteiger partial charge in [0, 0.05) is 12.6 Å². The fraction of sp³-hybridized carbons (Fsp3) is 0.632. The van der Waals surface area contributed by atoms with Gasteiger partial charge < -0.3 is 5.32 Å². The van der Waals surface area contributed by atoms with Gasteiger partial charge in [-0.15, -0.1) is 0 Å². The summed E-state index contributed by atoms with van der Waals surface area (Å²) < 4.78 is 0. The third-order valence-electron chi connectivity index (χ3n) is 5.39. The molecule has 0 amide bonds. The monoisotopic (exact) mass is 284 g/mol. The molecule has 0 atom stereocenters. The van der Waals surface area contributed by atoms with Crippen molar-refractivity contribution < 1.29 is 0 Å². The minimum Gasteiger partial charge on any atom is -0.310 e. The van der Waals surface area contributed by atoms with Crippen molar-refractivity contribution in [3.63, 3.8) is 0 Å². The number of hydrogen-bond acceptors (Lipinski definition) is 2. The van der Waals surface area contributed by atoms with Crippen molar-refractivity contribution in [3.05, 3.63) is 35.4 Å². The fourth-order valence-corrected chi connectivity index (χ4v) is 3.38. The van der Waals surface area contributed by atoms with Gasteiger partial charge >= 0.3 is 0 Å². The Bertz CT molecular complexity index is 491. The maximum atomic E-state index is 8.94. The molecule has 0 unspecified atom stereocenters. The van der Waals surface area contributed by atoms with Crippen LogP contribution in [0.5, 0.6) is 0 Å². The van der Waals surface area contributed by atoms with Crippen LogP contribution in [0, 0.1) is 22.7 Å². The highest BCUT2D eigenvalue weighted by atomic mass is 14.9. The standard InChI is InChI=1S/C19H28N2/c1-4-19(2,3)17-8-10-18(11-9-17)21-14-16-7-5-6-15(12-16)13-20/h5-7,12,17-18,21H,4,8-11,14H2,1-3H3. The number of rotatable bonds is 5. The lowest BCUT2D eigenvalue weighted by Crippen LogP contribution is -2.36. The van der Waals surface area contributed by atoms with Crippen molar-refractivity contribution in [2.75, 3.05) is 0 Å². The van der Waals surface area contributed by atoms with Gasteiger partial charge in [-0.25, -0.2) is 0 Å². The van der Waals surface area contributed by atoms with Gasteiger partial charge in [0.1, 0.15) is 0 Å². The number of hydrogen-bond donors (Lipinski definition) is 1. The molecular weight excluding hydrogens is 256 g/mol. The highest BCUT2D eigenvalue weighted by Crippen LogP contribution is 2.40. The molecule has 0 saturated heterocycles. The molecule has 114 valence electrons. The van der Waals surface area contributed by atoms with Crippen molar-refractivity contribution in [2.45, 2.75) is 65.5 Å². The summed E-state index contributed by atoms with van der Waals surface area (Å²) >= 11 is 0. The van der Waals surface area contributed by atoms with Crippen LogP contribution < -0.4 is 5.32 Å². The summed E-state index contributed by atoms with van der Waals surface area (Å²) in [6.45, 7) is 8.02. The molecule has 2 heteroatoms. The van der Waals surface area contributed by atoms with E-state index in [-0.39, 0.29) is 0 Å². The Morgan fingerprint density at radius 2 is 1.95 bits per heavy atom. The molecule has 0 spiro atoms. The van der Waals surface area contributed by atoms with Gasteiger partial charge in [-0.3, -0.25) is 0 Å². The van der Waals surface area contributed by atoms with Crippen molar-refractivity contribution in [1.82, 2.24) is 5.32 Å². The lowest BCUT2D eigenvalue weighted by Gasteiger charge is -2.39. The van der Waals surface area contributed by atoms with E-state index in [1.807, 2.05) is 18.2 Å². The van der Waals surface area contributed by atoms with E-state index in [1.165, 1.54) is 37.7 Å². The minimum absolute atomic E-state index is 0.492.